The quantitative estimate of drug-likeness (QED) is 0.300. The number of carbonyl (C=O) groups excluding carboxylic acids is 1. The number of rotatable bonds is 4. The largest absolute Gasteiger partial charge is 0.550 e. The first kappa shape index (κ1) is 22.4. The summed E-state index contributed by atoms with van der Waals surface area (Å²) in [5.74, 6) is -1.08. The highest BCUT2D eigenvalue weighted by atomic mass is 32.2. The van der Waals surface area contributed by atoms with Crippen LogP contribution in [0.5, 0.6) is 0 Å². The molecule has 0 aliphatic carbocycles. The zero-order chi connectivity index (χ0) is 23.0. The van der Waals surface area contributed by atoms with E-state index in [0.717, 1.165) is 6.92 Å². The average Bonchev–Trinajstić information content (AvgIpc) is 2.85. The Morgan fingerprint density at radius 2 is 1.03 bits per heavy atom. The molecule has 33 heavy (non-hydrogen) atoms. The smallest absolute Gasteiger partial charge is 0.166 e. The van der Waals surface area contributed by atoms with E-state index in [1.54, 1.807) is 0 Å². The highest BCUT2D eigenvalue weighted by Crippen LogP contribution is 2.34. The number of fused-ring (bicyclic) bond motifs is 1. The Labute approximate surface area is 197 Å². The number of benzene rings is 5. The SMILES string of the molecule is CC(=O)[O-].c1ccc([S+](c2ccccc2)c2ccc(-c3cccc4ccccc34)cc2)cc1. The van der Waals surface area contributed by atoms with Crippen LogP contribution in [-0.2, 0) is 15.7 Å². The fraction of sp³-hybridized carbons (Fsp3) is 0.0333. The summed E-state index contributed by atoms with van der Waals surface area (Å²) in [5, 5.41) is 11.5. The molecule has 5 aromatic carbocycles. The van der Waals surface area contributed by atoms with E-state index < -0.39 is 5.97 Å². The molecular weight excluding hydrogens is 424 g/mol. The molecule has 0 atom stereocenters. The van der Waals surface area contributed by atoms with Crippen molar-refractivity contribution < 1.29 is 9.90 Å². The molecule has 2 nitrogen and oxygen atoms in total. The fourth-order valence-electron chi connectivity index (χ4n) is 3.77. The van der Waals surface area contributed by atoms with Gasteiger partial charge in [-0.1, -0.05) is 78.9 Å². The number of aliphatic carboxylic acids is 1. The van der Waals surface area contributed by atoms with Crippen LogP contribution < -0.4 is 5.11 Å². The fourth-order valence-corrected chi connectivity index (χ4v) is 5.85. The summed E-state index contributed by atoms with van der Waals surface area (Å²) in [4.78, 5) is 12.9. The van der Waals surface area contributed by atoms with Gasteiger partial charge in [-0.25, -0.2) is 0 Å². The Balaban J connectivity index is 0.000000601. The van der Waals surface area contributed by atoms with Crippen LogP contribution >= 0.6 is 0 Å². The van der Waals surface area contributed by atoms with Crippen molar-refractivity contribution in [2.45, 2.75) is 21.6 Å². The normalized spacial score (nSPS) is 10.5. The first-order chi connectivity index (χ1) is 16.1. The third kappa shape index (κ3) is 5.51. The zero-order valence-corrected chi connectivity index (χ0v) is 19.2. The third-order valence-corrected chi connectivity index (χ3v) is 7.38. The summed E-state index contributed by atoms with van der Waals surface area (Å²) in [6, 6.07) is 45.8. The Morgan fingerprint density at radius 3 is 1.61 bits per heavy atom. The van der Waals surface area contributed by atoms with Gasteiger partial charge >= 0.3 is 0 Å². The van der Waals surface area contributed by atoms with Crippen LogP contribution in [0.15, 0.2) is 142 Å². The lowest BCUT2D eigenvalue weighted by molar-refractivity contribution is -0.302. The van der Waals surface area contributed by atoms with Crippen molar-refractivity contribution in [3.8, 4) is 11.1 Å². The molecule has 0 N–H and O–H groups in total. The molecule has 5 rings (SSSR count). The lowest BCUT2D eigenvalue weighted by atomic mass is 9.98. The minimum atomic E-state index is -1.08. The maximum absolute atomic E-state index is 8.89. The average molecular weight is 449 g/mol. The summed E-state index contributed by atoms with van der Waals surface area (Å²) in [6.45, 7) is 0.972. The van der Waals surface area contributed by atoms with Crippen molar-refractivity contribution in [2.75, 3.05) is 0 Å². The molecule has 0 radical (unpaired) electrons. The molecule has 0 bridgehead atoms. The summed E-state index contributed by atoms with van der Waals surface area (Å²) < 4.78 is 0. The van der Waals surface area contributed by atoms with E-state index in [0.29, 0.717) is 0 Å². The molecular formula is C30H24O2S. The molecule has 0 saturated heterocycles. The second kappa shape index (κ2) is 10.7. The molecule has 162 valence electrons. The number of hydrogen-bond donors (Lipinski definition) is 0. The molecule has 0 spiro atoms. The summed E-state index contributed by atoms with van der Waals surface area (Å²) in [5.41, 5.74) is 2.55. The lowest BCUT2D eigenvalue weighted by Crippen LogP contribution is -2.16. The van der Waals surface area contributed by atoms with E-state index in [2.05, 4.69) is 127 Å². The van der Waals surface area contributed by atoms with Gasteiger partial charge in [0.2, 0.25) is 0 Å². The Bertz CT molecular complexity index is 1280. The van der Waals surface area contributed by atoms with E-state index in [-0.39, 0.29) is 10.9 Å². The van der Waals surface area contributed by atoms with Crippen molar-refractivity contribution in [2.24, 2.45) is 0 Å². The molecule has 0 fully saturated rings. The minimum Gasteiger partial charge on any atom is -0.550 e. The van der Waals surface area contributed by atoms with E-state index in [1.807, 2.05) is 0 Å². The molecule has 0 amide bonds. The van der Waals surface area contributed by atoms with Crippen LogP contribution in [0.1, 0.15) is 6.92 Å². The van der Waals surface area contributed by atoms with Gasteiger partial charge in [-0.15, -0.1) is 0 Å². The van der Waals surface area contributed by atoms with Crippen molar-refractivity contribution >= 4 is 27.6 Å². The van der Waals surface area contributed by atoms with Crippen molar-refractivity contribution in [3.63, 3.8) is 0 Å². The first-order valence-corrected chi connectivity index (χ1v) is 12.0. The summed E-state index contributed by atoms with van der Waals surface area (Å²) in [6.07, 6.45) is 0. The molecule has 0 aromatic heterocycles. The molecule has 3 heteroatoms. The monoisotopic (exact) mass is 448 g/mol. The van der Waals surface area contributed by atoms with Crippen LogP contribution in [0, 0.1) is 0 Å². The standard InChI is InChI=1S/C28H21S.C2H4O2/c1-3-12-24(13-4-1)29(25-14-5-2-6-15-25)26-20-18-23(19-21-26)28-17-9-11-22-10-7-8-16-27(22)28;1-2(3)4/h1-21H;1H3,(H,3,4)/q+1;/p-1. The number of carbonyl (C=O) groups is 1. The molecule has 0 aliphatic rings. The summed E-state index contributed by atoms with van der Waals surface area (Å²) in [7, 11) is -0.106. The maximum atomic E-state index is 8.89. The first-order valence-electron chi connectivity index (χ1n) is 10.7. The van der Waals surface area contributed by atoms with Gasteiger partial charge in [0.15, 0.2) is 14.7 Å². The Kier molecular flexibility index (Phi) is 7.23. The minimum absolute atomic E-state index is 0.106. The molecule has 0 heterocycles. The van der Waals surface area contributed by atoms with Gasteiger partial charge < -0.3 is 9.90 Å². The van der Waals surface area contributed by atoms with Crippen LogP contribution in [0.25, 0.3) is 21.9 Å². The highest BCUT2D eigenvalue weighted by molar-refractivity contribution is 7.97. The van der Waals surface area contributed by atoms with Gasteiger partial charge in [-0.05, 0) is 77.4 Å². The molecule has 0 unspecified atom stereocenters. The van der Waals surface area contributed by atoms with E-state index in [4.69, 9.17) is 9.90 Å². The second-order valence-electron chi connectivity index (χ2n) is 7.47. The van der Waals surface area contributed by atoms with Gasteiger partial charge in [0.25, 0.3) is 0 Å². The van der Waals surface area contributed by atoms with Crippen LogP contribution in [0.4, 0.5) is 0 Å². The van der Waals surface area contributed by atoms with Crippen molar-refractivity contribution in [1.82, 2.24) is 0 Å². The Hall–Kier alpha value is -3.82. The van der Waals surface area contributed by atoms with Gasteiger partial charge in [0, 0.05) is 5.97 Å². The summed E-state index contributed by atoms with van der Waals surface area (Å²) >= 11 is 0. The van der Waals surface area contributed by atoms with E-state index in [1.165, 1.54) is 36.6 Å². The molecule has 0 aliphatic heterocycles. The van der Waals surface area contributed by atoms with E-state index >= 15 is 0 Å². The molecule has 5 aromatic rings. The van der Waals surface area contributed by atoms with Gasteiger partial charge in [-0.2, -0.15) is 0 Å². The van der Waals surface area contributed by atoms with Crippen LogP contribution in [0.2, 0.25) is 0 Å². The topological polar surface area (TPSA) is 40.1 Å². The van der Waals surface area contributed by atoms with Crippen LogP contribution in [-0.4, -0.2) is 5.97 Å². The predicted molar refractivity (Wildman–Crippen MR) is 135 cm³/mol. The van der Waals surface area contributed by atoms with Crippen molar-refractivity contribution in [3.05, 3.63) is 127 Å². The number of hydrogen-bond acceptors (Lipinski definition) is 2. The zero-order valence-electron chi connectivity index (χ0n) is 18.3. The second-order valence-corrected chi connectivity index (χ2v) is 9.50. The maximum Gasteiger partial charge on any atom is 0.166 e. The van der Waals surface area contributed by atoms with Gasteiger partial charge in [0.05, 0.1) is 10.9 Å². The van der Waals surface area contributed by atoms with Crippen molar-refractivity contribution in [1.29, 1.82) is 0 Å². The highest BCUT2D eigenvalue weighted by Gasteiger charge is 2.28. The number of carboxylic acids is 1. The lowest BCUT2D eigenvalue weighted by Gasteiger charge is -2.10. The third-order valence-electron chi connectivity index (χ3n) is 5.15. The number of carboxylic acid groups (broad SMARTS) is 1. The van der Waals surface area contributed by atoms with E-state index in [9.17, 15) is 0 Å². The predicted octanol–water partition coefficient (Wildman–Crippen LogP) is 6.36. The Morgan fingerprint density at radius 1 is 0.576 bits per heavy atom. The van der Waals surface area contributed by atoms with Gasteiger partial charge in [-0.3, -0.25) is 0 Å². The van der Waals surface area contributed by atoms with Gasteiger partial charge in [0.1, 0.15) is 0 Å². The van der Waals surface area contributed by atoms with Crippen LogP contribution in [0.3, 0.4) is 0 Å². The molecule has 0 saturated carbocycles.